The second kappa shape index (κ2) is 5.62. The zero-order valence-electron chi connectivity index (χ0n) is 10.3. The SMILES string of the molecule is N#Cc1nc(NCc2ccc(N)nc2)ccc1[N+](=O)[O-]. The van der Waals surface area contributed by atoms with Crippen LogP contribution in [-0.4, -0.2) is 14.9 Å². The number of rotatable bonds is 4. The first kappa shape index (κ1) is 13.2. The minimum absolute atomic E-state index is 0.226. The number of anilines is 2. The zero-order chi connectivity index (χ0) is 14.5. The zero-order valence-corrected chi connectivity index (χ0v) is 10.3. The molecule has 100 valence electrons. The maximum Gasteiger partial charge on any atom is 0.305 e. The molecule has 0 bridgehead atoms. The van der Waals surface area contributed by atoms with Crippen LogP contribution >= 0.6 is 0 Å². The van der Waals surface area contributed by atoms with E-state index in [2.05, 4.69) is 15.3 Å². The Bertz CT molecular complexity index is 677. The van der Waals surface area contributed by atoms with E-state index in [-0.39, 0.29) is 11.4 Å². The second-order valence-electron chi connectivity index (χ2n) is 3.88. The van der Waals surface area contributed by atoms with Crippen LogP contribution in [0.2, 0.25) is 0 Å². The highest BCUT2D eigenvalue weighted by atomic mass is 16.6. The van der Waals surface area contributed by atoms with Crippen LogP contribution in [0.4, 0.5) is 17.3 Å². The average molecular weight is 270 g/mol. The van der Waals surface area contributed by atoms with E-state index >= 15 is 0 Å². The standard InChI is InChI=1S/C12H10N6O2/c13-5-9-10(18(19)20)2-4-12(17-9)16-7-8-1-3-11(14)15-6-8/h1-4,6H,7H2,(H2,14,15)(H,16,17). The van der Waals surface area contributed by atoms with E-state index in [1.165, 1.54) is 12.1 Å². The van der Waals surface area contributed by atoms with Gasteiger partial charge in [-0.25, -0.2) is 9.97 Å². The number of nitro groups is 1. The van der Waals surface area contributed by atoms with Crippen LogP contribution in [-0.2, 0) is 6.54 Å². The molecule has 2 rings (SSSR count). The Kier molecular flexibility index (Phi) is 3.72. The van der Waals surface area contributed by atoms with Gasteiger partial charge in [-0.1, -0.05) is 6.07 Å². The van der Waals surface area contributed by atoms with Gasteiger partial charge in [0.25, 0.3) is 0 Å². The van der Waals surface area contributed by atoms with Crippen molar-refractivity contribution in [2.75, 3.05) is 11.1 Å². The summed E-state index contributed by atoms with van der Waals surface area (Å²) in [5, 5.41) is 22.5. The van der Waals surface area contributed by atoms with Gasteiger partial charge >= 0.3 is 5.69 Å². The number of nitrogens with zero attached hydrogens (tertiary/aromatic N) is 4. The minimum atomic E-state index is -0.640. The van der Waals surface area contributed by atoms with Crippen LogP contribution in [0.3, 0.4) is 0 Å². The van der Waals surface area contributed by atoms with Gasteiger partial charge in [0, 0.05) is 18.8 Å². The fraction of sp³-hybridized carbons (Fsp3) is 0.0833. The Labute approximate surface area is 114 Å². The highest BCUT2D eigenvalue weighted by molar-refractivity contribution is 5.50. The molecule has 0 aromatic carbocycles. The molecule has 0 unspecified atom stereocenters. The number of aromatic nitrogens is 2. The Hall–Kier alpha value is -3.21. The molecule has 2 heterocycles. The summed E-state index contributed by atoms with van der Waals surface area (Å²) in [4.78, 5) is 17.9. The first-order chi connectivity index (χ1) is 9.60. The van der Waals surface area contributed by atoms with E-state index in [0.29, 0.717) is 18.2 Å². The molecule has 8 nitrogen and oxygen atoms in total. The summed E-state index contributed by atoms with van der Waals surface area (Å²) in [6.45, 7) is 0.420. The molecule has 0 amide bonds. The Morgan fingerprint density at radius 2 is 2.20 bits per heavy atom. The van der Waals surface area contributed by atoms with Crippen molar-refractivity contribution in [3.63, 3.8) is 0 Å². The first-order valence-electron chi connectivity index (χ1n) is 5.60. The monoisotopic (exact) mass is 270 g/mol. The Morgan fingerprint density at radius 3 is 2.80 bits per heavy atom. The highest BCUT2D eigenvalue weighted by Crippen LogP contribution is 2.18. The lowest BCUT2D eigenvalue weighted by Crippen LogP contribution is -2.04. The van der Waals surface area contributed by atoms with Crippen molar-refractivity contribution in [2.45, 2.75) is 6.54 Å². The van der Waals surface area contributed by atoms with E-state index in [9.17, 15) is 10.1 Å². The van der Waals surface area contributed by atoms with Crippen LogP contribution in [0, 0.1) is 21.4 Å². The first-order valence-corrected chi connectivity index (χ1v) is 5.60. The summed E-state index contributed by atoms with van der Waals surface area (Å²) < 4.78 is 0. The molecule has 8 heteroatoms. The quantitative estimate of drug-likeness (QED) is 0.634. The molecule has 20 heavy (non-hydrogen) atoms. The van der Waals surface area contributed by atoms with Gasteiger partial charge in [0.05, 0.1) is 4.92 Å². The number of nitrogens with one attached hydrogen (secondary N) is 1. The molecule has 2 aromatic heterocycles. The fourth-order valence-corrected chi connectivity index (χ4v) is 1.51. The maximum absolute atomic E-state index is 10.7. The van der Waals surface area contributed by atoms with Gasteiger partial charge in [0.2, 0.25) is 5.69 Å². The fourth-order valence-electron chi connectivity index (χ4n) is 1.51. The molecule has 0 aliphatic rings. The third-order valence-electron chi connectivity index (χ3n) is 2.50. The van der Waals surface area contributed by atoms with Crippen molar-refractivity contribution in [3.8, 4) is 6.07 Å². The van der Waals surface area contributed by atoms with E-state index in [1.54, 1.807) is 24.4 Å². The van der Waals surface area contributed by atoms with Gasteiger partial charge in [-0.3, -0.25) is 10.1 Å². The van der Waals surface area contributed by atoms with Crippen molar-refractivity contribution in [1.82, 2.24) is 9.97 Å². The van der Waals surface area contributed by atoms with E-state index in [4.69, 9.17) is 11.0 Å². The third kappa shape index (κ3) is 2.97. The minimum Gasteiger partial charge on any atom is -0.384 e. The highest BCUT2D eigenvalue weighted by Gasteiger charge is 2.15. The van der Waals surface area contributed by atoms with Gasteiger partial charge in [-0.15, -0.1) is 0 Å². The van der Waals surface area contributed by atoms with Crippen LogP contribution in [0.15, 0.2) is 30.5 Å². The molecule has 0 spiro atoms. The number of nitrogen functional groups attached to an aromatic ring is 1. The van der Waals surface area contributed by atoms with Gasteiger partial charge in [0.1, 0.15) is 17.7 Å². The van der Waals surface area contributed by atoms with Crippen molar-refractivity contribution in [3.05, 3.63) is 51.8 Å². The molecule has 2 aromatic rings. The molecule has 3 N–H and O–H groups in total. The molecule has 0 saturated carbocycles. The molecular formula is C12H10N6O2. The largest absolute Gasteiger partial charge is 0.384 e. The Balaban J connectivity index is 2.12. The van der Waals surface area contributed by atoms with Crippen LogP contribution < -0.4 is 11.1 Å². The average Bonchev–Trinajstić information content (AvgIpc) is 2.46. The topological polar surface area (TPSA) is 131 Å². The number of pyridine rings is 2. The molecule has 0 saturated heterocycles. The number of nitriles is 1. The van der Waals surface area contributed by atoms with Crippen molar-refractivity contribution >= 4 is 17.3 Å². The predicted octanol–water partition coefficient (Wildman–Crippen LogP) is 1.45. The van der Waals surface area contributed by atoms with E-state index in [1.807, 2.05) is 0 Å². The summed E-state index contributed by atoms with van der Waals surface area (Å²) in [5.74, 6) is 0.804. The summed E-state index contributed by atoms with van der Waals surface area (Å²) in [7, 11) is 0. The van der Waals surface area contributed by atoms with Crippen molar-refractivity contribution in [2.24, 2.45) is 0 Å². The summed E-state index contributed by atoms with van der Waals surface area (Å²) >= 11 is 0. The lowest BCUT2D eigenvalue weighted by atomic mass is 10.2. The number of hydrogen-bond acceptors (Lipinski definition) is 7. The van der Waals surface area contributed by atoms with Crippen molar-refractivity contribution in [1.29, 1.82) is 5.26 Å². The molecule has 0 aliphatic carbocycles. The number of nitrogens with two attached hydrogens (primary N) is 1. The molecule has 0 radical (unpaired) electrons. The molecule has 0 fully saturated rings. The van der Waals surface area contributed by atoms with Crippen LogP contribution in [0.5, 0.6) is 0 Å². The summed E-state index contributed by atoms with van der Waals surface area (Å²) in [6, 6.07) is 7.86. The molecule has 0 atom stereocenters. The predicted molar refractivity (Wildman–Crippen MR) is 71.6 cm³/mol. The lowest BCUT2D eigenvalue weighted by Gasteiger charge is -2.06. The van der Waals surface area contributed by atoms with Gasteiger partial charge in [0.15, 0.2) is 0 Å². The lowest BCUT2D eigenvalue weighted by molar-refractivity contribution is -0.385. The summed E-state index contributed by atoms with van der Waals surface area (Å²) in [6.07, 6.45) is 1.61. The summed E-state index contributed by atoms with van der Waals surface area (Å²) in [5.41, 5.74) is 5.81. The third-order valence-corrected chi connectivity index (χ3v) is 2.50. The number of hydrogen-bond donors (Lipinski definition) is 2. The Morgan fingerprint density at radius 1 is 1.40 bits per heavy atom. The second-order valence-corrected chi connectivity index (χ2v) is 3.88. The van der Waals surface area contributed by atoms with Crippen molar-refractivity contribution < 1.29 is 4.92 Å². The van der Waals surface area contributed by atoms with Gasteiger partial charge in [-0.05, 0) is 17.7 Å². The van der Waals surface area contributed by atoms with E-state index < -0.39 is 4.92 Å². The van der Waals surface area contributed by atoms with Gasteiger partial charge in [-0.2, -0.15) is 5.26 Å². The smallest absolute Gasteiger partial charge is 0.305 e. The molecule has 0 aliphatic heterocycles. The van der Waals surface area contributed by atoms with Crippen LogP contribution in [0.1, 0.15) is 11.3 Å². The maximum atomic E-state index is 10.7. The van der Waals surface area contributed by atoms with Crippen LogP contribution in [0.25, 0.3) is 0 Å². The van der Waals surface area contributed by atoms with E-state index in [0.717, 1.165) is 5.56 Å². The normalized spacial score (nSPS) is 9.75. The molecular weight excluding hydrogens is 260 g/mol. The van der Waals surface area contributed by atoms with Gasteiger partial charge < -0.3 is 11.1 Å².